The predicted octanol–water partition coefficient (Wildman–Crippen LogP) is 4.24. The maximum absolute atomic E-state index is 13.8. The van der Waals surface area contributed by atoms with Crippen LogP contribution in [0.25, 0.3) is 6.08 Å². The van der Waals surface area contributed by atoms with E-state index in [9.17, 15) is 19.2 Å². The number of carbonyl (C=O) groups is 4. The molecular weight excluding hydrogens is 448 g/mol. The Morgan fingerprint density at radius 1 is 1.06 bits per heavy atom. The molecule has 0 N–H and O–H groups in total. The Morgan fingerprint density at radius 3 is 2.34 bits per heavy atom. The number of hydrogen-bond acceptors (Lipinski definition) is 6. The third-order valence-corrected chi connectivity index (χ3v) is 5.74. The molecule has 8 heteroatoms. The second-order valence-corrected chi connectivity index (χ2v) is 7.83. The molecule has 0 spiro atoms. The molecule has 1 aliphatic heterocycles. The summed E-state index contributed by atoms with van der Waals surface area (Å²) in [4.78, 5) is 54.7. The van der Waals surface area contributed by atoms with Gasteiger partial charge in [0, 0.05) is 5.70 Å². The molecule has 8 nitrogen and oxygen atoms in total. The maximum Gasteiger partial charge on any atom is 0.338 e. The highest BCUT2D eigenvalue weighted by atomic mass is 16.5. The van der Waals surface area contributed by atoms with E-state index in [4.69, 9.17) is 4.74 Å². The van der Waals surface area contributed by atoms with E-state index in [0.717, 1.165) is 17.6 Å². The van der Waals surface area contributed by atoms with E-state index in [1.807, 2.05) is 30.3 Å². The van der Waals surface area contributed by atoms with Gasteiger partial charge in [0.1, 0.15) is 12.5 Å². The molecule has 1 heterocycles. The Balaban J connectivity index is 2.26. The smallest absolute Gasteiger partial charge is 0.338 e. The summed E-state index contributed by atoms with van der Waals surface area (Å²) in [5.41, 5.74) is 2.44. The Kier molecular flexibility index (Phi) is 8.20. The van der Waals surface area contributed by atoms with Crippen LogP contribution in [0.3, 0.4) is 0 Å². The van der Waals surface area contributed by atoms with Crippen molar-refractivity contribution in [3.8, 4) is 0 Å². The van der Waals surface area contributed by atoms with E-state index in [1.165, 1.54) is 4.90 Å². The molecule has 1 atom stereocenters. The molecule has 1 unspecified atom stereocenters. The molecule has 0 saturated heterocycles. The van der Waals surface area contributed by atoms with Crippen LogP contribution in [-0.4, -0.2) is 47.4 Å². The van der Waals surface area contributed by atoms with Crippen molar-refractivity contribution in [2.45, 2.75) is 32.9 Å². The fraction of sp³-hybridized carbons (Fsp3) is 0.259. The first-order chi connectivity index (χ1) is 16.8. The van der Waals surface area contributed by atoms with E-state index >= 15 is 0 Å². The number of amides is 3. The van der Waals surface area contributed by atoms with E-state index in [1.54, 1.807) is 44.2 Å². The van der Waals surface area contributed by atoms with Gasteiger partial charge in [-0.1, -0.05) is 67.3 Å². The zero-order valence-corrected chi connectivity index (χ0v) is 20.0. The van der Waals surface area contributed by atoms with Gasteiger partial charge in [-0.2, -0.15) is 0 Å². The van der Waals surface area contributed by atoms with Crippen molar-refractivity contribution in [3.05, 3.63) is 89.1 Å². The molecule has 2 aromatic rings. The summed E-state index contributed by atoms with van der Waals surface area (Å²) >= 11 is 0. The SMILES string of the molecule is C=Cc1ccccc1C1C(C(=O)OCC)=C(C)N(Cc2ccccc2)C(=O)N1C(=O)CC(=O)OC. The third kappa shape index (κ3) is 5.32. The van der Waals surface area contributed by atoms with Gasteiger partial charge in [-0.15, -0.1) is 0 Å². The minimum Gasteiger partial charge on any atom is -0.469 e. The summed E-state index contributed by atoms with van der Waals surface area (Å²) < 4.78 is 10.0. The second kappa shape index (κ2) is 11.3. The van der Waals surface area contributed by atoms with Crippen molar-refractivity contribution in [2.75, 3.05) is 13.7 Å². The molecule has 0 aliphatic carbocycles. The van der Waals surface area contributed by atoms with Gasteiger partial charge in [-0.05, 0) is 30.5 Å². The first-order valence-electron chi connectivity index (χ1n) is 11.2. The van der Waals surface area contributed by atoms with Gasteiger partial charge in [0.15, 0.2) is 0 Å². The van der Waals surface area contributed by atoms with Crippen LogP contribution in [0.2, 0.25) is 0 Å². The number of ether oxygens (including phenoxy) is 2. The summed E-state index contributed by atoms with van der Waals surface area (Å²) in [7, 11) is 1.16. The molecular formula is C27H28N2O6. The van der Waals surface area contributed by atoms with Crippen LogP contribution in [0, 0.1) is 0 Å². The second-order valence-electron chi connectivity index (χ2n) is 7.83. The number of benzene rings is 2. The molecule has 2 aromatic carbocycles. The molecule has 3 rings (SSSR count). The number of imide groups is 1. The minimum atomic E-state index is -1.11. The zero-order valence-electron chi connectivity index (χ0n) is 20.0. The van der Waals surface area contributed by atoms with Crippen LogP contribution in [0.5, 0.6) is 0 Å². The van der Waals surface area contributed by atoms with Gasteiger partial charge in [0.2, 0.25) is 5.91 Å². The van der Waals surface area contributed by atoms with Crippen LogP contribution in [0.15, 0.2) is 72.4 Å². The van der Waals surface area contributed by atoms with Crippen molar-refractivity contribution in [1.29, 1.82) is 0 Å². The maximum atomic E-state index is 13.8. The Bertz CT molecular complexity index is 1170. The lowest BCUT2D eigenvalue weighted by atomic mass is 9.89. The van der Waals surface area contributed by atoms with Crippen LogP contribution < -0.4 is 0 Å². The minimum absolute atomic E-state index is 0.105. The van der Waals surface area contributed by atoms with Gasteiger partial charge in [-0.3, -0.25) is 19.4 Å². The number of hydrogen-bond donors (Lipinski definition) is 0. The molecule has 182 valence electrons. The average molecular weight is 477 g/mol. The third-order valence-electron chi connectivity index (χ3n) is 5.74. The van der Waals surface area contributed by atoms with Crippen molar-refractivity contribution < 1.29 is 28.7 Å². The van der Waals surface area contributed by atoms with Gasteiger partial charge in [-0.25, -0.2) is 9.59 Å². The van der Waals surface area contributed by atoms with Crippen molar-refractivity contribution in [1.82, 2.24) is 9.80 Å². The van der Waals surface area contributed by atoms with E-state index in [0.29, 0.717) is 16.8 Å². The lowest BCUT2D eigenvalue weighted by Crippen LogP contribution is -2.53. The van der Waals surface area contributed by atoms with Gasteiger partial charge < -0.3 is 9.47 Å². The van der Waals surface area contributed by atoms with Crippen LogP contribution in [0.1, 0.15) is 43.0 Å². The normalized spacial score (nSPS) is 15.6. The Hall–Kier alpha value is -4.20. The fourth-order valence-corrected chi connectivity index (χ4v) is 4.05. The molecule has 1 aliphatic rings. The lowest BCUT2D eigenvalue weighted by molar-refractivity contribution is -0.146. The number of allylic oxidation sites excluding steroid dienone is 1. The molecule has 0 aromatic heterocycles. The summed E-state index contributed by atoms with van der Waals surface area (Å²) in [5, 5.41) is 0. The summed E-state index contributed by atoms with van der Waals surface area (Å²) in [5.74, 6) is -2.24. The van der Waals surface area contributed by atoms with Crippen molar-refractivity contribution in [3.63, 3.8) is 0 Å². The van der Waals surface area contributed by atoms with E-state index < -0.39 is 36.3 Å². The molecule has 0 fully saturated rings. The topological polar surface area (TPSA) is 93.2 Å². The quantitative estimate of drug-likeness (QED) is 0.418. The summed E-state index contributed by atoms with van der Waals surface area (Å²) in [6, 6.07) is 14.4. The lowest BCUT2D eigenvalue weighted by Gasteiger charge is -2.42. The monoisotopic (exact) mass is 476 g/mol. The fourth-order valence-electron chi connectivity index (χ4n) is 4.05. The van der Waals surface area contributed by atoms with Crippen LogP contribution in [-0.2, 0) is 30.4 Å². The first-order valence-corrected chi connectivity index (χ1v) is 11.2. The highest BCUT2D eigenvalue weighted by Gasteiger charge is 2.46. The standard InChI is InChI=1S/C27H28N2O6/c1-5-20-14-10-11-15-21(20)25-24(26(32)35-6-2)18(3)28(17-19-12-8-7-9-13-19)27(33)29(25)22(30)16-23(31)34-4/h5,7-15,25H,1,6,16-17H2,2-4H3. The Morgan fingerprint density at radius 2 is 1.71 bits per heavy atom. The van der Waals surface area contributed by atoms with Gasteiger partial charge in [0.25, 0.3) is 0 Å². The highest BCUT2D eigenvalue weighted by molar-refractivity contribution is 6.06. The highest BCUT2D eigenvalue weighted by Crippen LogP contribution is 2.40. The molecule has 0 bridgehead atoms. The van der Waals surface area contributed by atoms with Crippen LogP contribution in [0.4, 0.5) is 4.79 Å². The van der Waals surface area contributed by atoms with Crippen LogP contribution >= 0.6 is 0 Å². The number of esters is 2. The van der Waals surface area contributed by atoms with Gasteiger partial charge >= 0.3 is 18.0 Å². The number of methoxy groups -OCH3 is 1. The van der Waals surface area contributed by atoms with Gasteiger partial charge in [0.05, 0.1) is 25.8 Å². The van der Waals surface area contributed by atoms with E-state index in [-0.39, 0.29) is 18.7 Å². The van der Waals surface area contributed by atoms with Crippen molar-refractivity contribution in [2.24, 2.45) is 0 Å². The number of nitrogens with zero attached hydrogens (tertiary/aromatic N) is 2. The zero-order chi connectivity index (χ0) is 25.5. The number of carbonyl (C=O) groups excluding carboxylic acids is 4. The summed E-state index contributed by atoms with van der Waals surface area (Å²) in [6.45, 7) is 7.38. The molecule has 0 saturated carbocycles. The molecule has 35 heavy (non-hydrogen) atoms. The first kappa shape index (κ1) is 25.4. The number of urea groups is 1. The van der Waals surface area contributed by atoms with E-state index in [2.05, 4.69) is 11.3 Å². The largest absolute Gasteiger partial charge is 0.469 e. The summed E-state index contributed by atoms with van der Waals surface area (Å²) in [6.07, 6.45) is 0.917. The molecule has 3 amide bonds. The average Bonchev–Trinajstić information content (AvgIpc) is 2.86. The van der Waals surface area contributed by atoms with Crippen molar-refractivity contribution >= 4 is 30.0 Å². The Labute approximate surface area is 204 Å². The molecule has 0 radical (unpaired) electrons. The predicted molar refractivity (Wildman–Crippen MR) is 129 cm³/mol. The number of rotatable bonds is 8.